The van der Waals surface area contributed by atoms with Crippen LogP contribution in [-0.2, 0) is 14.9 Å². The number of hydrogen-bond donors (Lipinski definition) is 1. The fraction of sp³-hybridized carbons (Fsp3) is 0.133. The zero-order valence-corrected chi connectivity index (χ0v) is 14.4. The summed E-state index contributed by atoms with van der Waals surface area (Å²) in [6.45, 7) is 1.72. The second-order valence-electron chi connectivity index (χ2n) is 4.54. The van der Waals surface area contributed by atoms with Gasteiger partial charge >= 0.3 is 10.1 Å². The van der Waals surface area contributed by atoms with E-state index in [1.165, 1.54) is 42.5 Å². The van der Waals surface area contributed by atoms with Crippen LogP contribution in [0.3, 0.4) is 0 Å². The van der Waals surface area contributed by atoms with Gasteiger partial charge in [0.05, 0.1) is 5.02 Å². The molecule has 0 saturated heterocycles. The Bertz CT molecular complexity index is 820. The fourth-order valence-corrected chi connectivity index (χ4v) is 3.10. The maximum Gasteiger partial charge on any atom is 0.339 e. The molecule has 0 bridgehead atoms. The minimum atomic E-state index is -4.04. The van der Waals surface area contributed by atoms with Crippen molar-refractivity contribution in [2.75, 3.05) is 5.32 Å². The van der Waals surface area contributed by atoms with E-state index < -0.39 is 10.1 Å². The number of hydrogen-bond acceptors (Lipinski definition) is 4. The molecule has 0 unspecified atom stereocenters. The molecule has 8 heteroatoms. The van der Waals surface area contributed by atoms with Crippen LogP contribution in [0.5, 0.6) is 5.75 Å². The molecule has 0 heterocycles. The standard InChI is InChI=1S/C15H13Cl2NO4S/c1-2-15(19)18-11-4-6-12(7-5-11)23(20,21)22-14-8-3-10(16)9-13(14)17/h3-9H,2H2,1H3,(H,18,19). The number of rotatable bonds is 5. The lowest BCUT2D eigenvalue weighted by atomic mass is 10.3. The van der Waals surface area contributed by atoms with E-state index in [0.29, 0.717) is 17.1 Å². The van der Waals surface area contributed by atoms with Crippen LogP contribution in [0.1, 0.15) is 13.3 Å². The summed E-state index contributed by atoms with van der Waals surface area (Å²) in [5.74, 6) is -0.177. The second kappa shape index (κ2) is 7.21. The second-order valence-corrected chi connectivity index (χ2v) is 6.93. The molecule has 2 rings (SSSR count). The third kappa shape index (κ3) is 4.60. The number of benzene rings is 2. The topological polar surface area (TPSA) is 72.5 Å². The highest BCUT2D eigenvalue weighted by Crippen LogP contribution is 2.30. The van der Waals surface area contributed by atoms with E-state index in [4.69, 9.17) is 27.4 Å². The van der Waals surface area contributed by atoms with Gasteiger partial charge in [-0.1, -0.05) is 30.1 Å². The molecule has 122 valence electrons. The van der Waals surface area contributed by atoms with Gasteiger partial charge in [-0.05, 0) is 42.5 Å². The first-order valence-electron chi connectivity index (χ1n) is 6.61. The molecule has 0 aliphatic carbocycles. The highest BCUT2D eigenvalue weighted by molar-refractivity contribution is 7.87. The van der Waals surface area contributed by atoms with Gasteiger partial charge in [0.2, 0.25) is 5.91 Å². The van der Waals surface area contributed by atoms with E-state index in [9.17, 15) is 13.2 Å². The smallest absolute Gasteiger partial charge is 0.339 e. The van der Waals surface area contributed by atoms with E-state index in [-0.39, 0.29) is 21.6 Å². The predicted molar refractivity (Wildman–Crippen MR) is 89.6 cm³/mol. The molecule has 23 heavy (non-hydrogen) atoms. The Labute approximate surface area is 144 Å². The number of amides is 1. The summed E-state index contributed by atoms with van der Waals surface area (Å²) < 4.78 is 29.5. The van der Waals surface area contributed by atoms with Crippen molar-refractivity contribution in [3.63, 3.8) is 0 Å². The van der Waals surface area contributed by atoms with Crippen LogP contribution in [0.2, 0.25) is 10.0 Å². The van der Waals surface area contributed by atoms with Crippen molar-refractivity contribution < 1.29 is 17.4 Å². The normalized spacial score (nSPS) is 11.1. The molecule has 0 radical (unpaired) electrons. The quantitative estimate of drug-likeness (QED) is 0.800. The van der Waals surface area contributed by atoms with Gasteiger partial charge < -0.3 is 9.50 Å². The summed E-state index contributed by atoms with van der Waals surface area (Å²) in [6.07, 6.45) is 0.332. The molecular weight excluding hydrogens is 361 g/mol. The van der Waals surface area contributed by atoms with Gasteiger partial charge in [-0.25, -0.2) is 0 Å². The predicted octanol–water partition coefficient (Wildman–Crippen LogP) is 4.11. The molecule has 5 nitrogen and oxygen atoms in total. The summed E-state index contributed by atoms with van der Waals surface area (Å²) in [5, 5.41) is 3.09. The average Bonchev–Trinajstić information content (AvgIpc) is 2.50. The van der Waals surface area contributed by atoms with Crippen LogP contribution in [0.25, 0.3) is 0 Å². The van der Waals surface area contributed by atoms with E-state index in [2.05, 4.69) is 5.32 Å². The van der Waals surface area contributed by atoms with Gasteiger partial charge in [-0.15, -0.1) is 0 Å². The number of anilines is 1. The summed E-state index contributed by atoms with van der Waals surface area (Å²) in [7, 11) is -4.04. The average molecular weight is 374 g/mol. The van der Waals surface area contributed by atoms with Gasteiger partial charge in [0, 0.05) is 17.1 Å². The van der Waals surface area contributed by atoms with Crippen LogP contribution in [0.15, 0.2) is 47.4 Å². The number of nitrogens with one attached hydrogen (secondary N) is 1. The summed E-state index contributed by atoms with van der Waals surface area (Å²) in [6, 6.07) is 9.87. The molecule has 1 N–H and O–H groups in total. The van der Waals surface area contributed by atoms with Crippen LogP contribution >= 0.6 is 23.2 Å². The Morgan fingerprint density at radius 2 is 1.78 bits per heavy atom. The molecule has 2 aromatic rings. The minimum Gasteiger partial charge on any atom is -0.377 e. The van der Waals surface area contributed by atoms with Crippen molar-refractivity contribution in [2.45, 2.75) is 18.2 Å². The Kier molecular flexibility index (Phi) is 5.51. The lowest BCUT2D eigenvalue weighted by Crippen LogP contribution is -2.11. The number of carbonyl (C=O) groups is 1. The van der Waals surface area contributed by atoms with Crippen molar-refractivity contribution in [3.8, 4) is 5.75 Å². The molecule has 2 aromatic carbocycles. The first-order chi connectivity index (χ1) is 10.8. The van der Waals surface area contributed by atoms with Crippen molar-refractivity contribution in [2.24, 2.45) is 0 Å². The van der Waals surface area contributed by atoms with Crippen molar-refractivity contribution >= 4 is 44.9 Å². The zero-order valence-electron chi connectivity index (χ0n) is 12.0. The van der Waals surface area contributed by atoms with Gasteiger partial charge in [-0.3, -0.25) is 4.79 Å². The summed E-state index contributed by atoms with van der Waals surface area (Å²) in [4.78, 5) is 11.2. The molecular formula is C15H13Cl2NO4S. The molecule has 0 atom stereocenters. The van der Waals surface area contributed by atoms with Crippen LogP contribution in [0.4, 0.5) is 5.69 Å². The third-order valence-corrected chi connectivity index (χ3v) is 4.62. The van der Waals surface area contributed by atoms with Gasteiger partial charge in [0.25, 0.3) is 0 Å². The fourth-order valence-electron chi connectivity index (χ4n) is 1.66. The Morgan fingerprint density at radius 1 is 1.13 bits per heavy atom. The molecule has 0 aliphatic heterocycles. The summed E-state index contributed by atoms with van der Waals surface area (Å²) in [5.41, 5.74) is 0.500. The first kappa shape index (κ1) is 17.6. The van der Waals surface area contributed by atoms with Gasteiger partial charge in [0.1, 0.15) is 4.90 Å². The highest BCUT2D eigenvalue weighted by atomic mass is 35.5. The van der Waals surface area contributed by atoms with Gasteiger partial charge in [-0.2, -0.15) is 8.42 Å². The van der Waals surface area contributed by atoms with E-state index in [0.717, 1.165) is 0 Å². The molecule has 0 saturated carbocycles. The first-order valence-corrected chi connectivity index (χ1v) is 8.77. The zero-order chi connectivity index (χ0) is 17.0. The van der Waals surface area contributed by atoms with Crippen molar-refractivity contribution in [1.82, 2.24) is 0 Å². The SMILES string of the molecule is CCC(=O)Nc1ccc(S(=O)(=O)Oc2ccc(Cl)cc2Cl)cc1. The van der Waals surface area contributed by atoms with Crippen LogP contribution < -0.4 is 9.50 Å². The molecule has 0 spiro atoms. The molecule has 0 aromatic heterocycles. The van der Waals surface area contributed by atoms with Crippen molar-refractivity contribution in [3.05, 3.63) is 52.5 Å². The minimum absolute atomic E-state index is 0.0144. The number of carbonyl (C=O) groups excluding carboxylic acids is 1. The third-order valence-electron chi connectivity index (χ3n) is 2.84. The maximum atomic E-state index is 12.2. The molecule has 1 amide bonds. The summed E-state index contributed by atoms with van der Waals surface area (Å²) >= 11 is 11.7. The van der Waals surface area contributed by atoms with Crippen molar-refractivity contribution in [1.29, 1.82) is 0 Å². The number of halogens is 2. The highest BCUT2D eigenvalue weighted by Gasteiger charge is 2.18. The lowest BCUT2D eigenvalue weighted by Gasteiger charge is -2.09. The molecule has 0 aliphatic rings. The largest absolute Gasteiger partial charge is 0.377 e. The van der Waals surface area contributed by atoms with E-state index in [1.54, 1.807) is 6.92 Å². The van der Waals surface area contributed by atoms with E-state index in [1.807, 2.05) is 0 Å². The van der Waals surface area contributed by atoms with Crippen LogP contribution in [-0.4, -0.2) is 14.3 Å². The monoisotopic (exact) mass is 373 g/mol. The Balaban J connectivity index is 2.20. The Hall–Kier alpha value is -1.76. The Morgan fingerprint density at radius 3 is 2.35 bits per heavy atom. The lowest BCUT2D eigenvalue weighted by molar-refractivity contribution is -0.115. The van der Waals surface area contributed by atoms with Crippen LogP contribution in [0, 0.1) is 0 Å². The molecule has 0 fully saturated rings. The van der Waals surface area contributed by atoms with E-state index >= 15 is 0 Å². The van der Waals surface area contributed by atoms with Gasteiger partial charge in [0.15, 0.2) is 5.75 Å². The maximum absolute atomic E-state index is 12.2.